The molecular formula is C10H2ClF13N2O2. The lowest BCUT2D eigenvalue weighted by atomic mass is 9.93. The lowest BCUT2D eigenvalue weighted by Gasteiger charge is -2.37. The Morgan fingerprint density at radius 1 is 0.643 bits per heavy atom. The maximum atomic E-state index is 13.8. The topological polar surface area (TPSA) is 65.7 Å². The Hall–Kier alpha value is -1.94. The van der Waals surface area contributed by atoms with Crippen molar-refractivity contribution in [3.8, 4) is 0 Å². The molecule has 0 aliphatic carbocycles. The normalized spacial score (nSPS) is 15.1. The zero-order chi connectivity index (χ0) is 22.7. The van der Waals surface area contributed by atoms with Gasteiger partial charge in [0.25, 0.3) is 5.56 Å². The molecule has 0 atom stereocenters. The lowest BCUT2D eigenvalue weighted by molar-refractivity contribution is -0.393. The van der Waals surface area contributed by atoms with E-state index in [9.17, 15) is 66.7 Å². The SMILES string of the molecule is O=c1[nH]c(C(F)(F)F)c(C(F)(F)C(F)(F)C(F)(F)C(F)(F)C(F)(F)Cl)c(=O)[nH]1. The van der Waals surface area contributed by atoms with Crippen LogP contribution in [0.15, 0.2) is 9.59 Å². The van der Waals surface area contributed by atoms with Crippen LogP contribution in [0.4, 0.5) is 57.1 Å². The Morgan fingerprint density at radius 2 is 1.07 bits per heavy atom. The second kappa shape index (κ2) is 6.28. The molecule has 1 aromatic rings. The summed E-state index contributed by atoms with van der Waals surface area (Å²) in [4.78, 5) is 22.9. The summed E-state index contributed by atoms with van der Waals surface area (Å²) in [6, 6.07) is 0. The number of aromatic nitrogens is 2. The molecule has 162 valence electrons. The molecule has 0 fully saturated rings. The summed E-state index contributed by atoms with van der Waals surface area (Å²) in [5.41, 5.74) is -12.2. The molecule has 0 spiro atoms. The molecule has 0 amide bonds. The van der Waals surface area contributed by atoms with E-state index in [1.807, 2.05) is 0 Å². The Morgan fingerprint density at radius 3 is 1.43 bits per heavy atom. The third-order valence-corrected chi connectivity index (χ3v) is 3.32. The zero-order valence-electron chi connectivity index (χ0n) is 12.1. The zero-order valence-corrected chi connectivity index (χ0v) is 12.9. The molecule has 4 nitrogen and oxygen atoms in total. The van der Waals surface area contributed by atoms with Gasteiger partial charge >= 0.3 is 40.9 Å². The van der Waals surface area contributed by atoms with Crippen LogP contribution in [0.2, 0.25) is 0 Å². The van der Waals surface area contributed by atoms with Gasteiger partial charge in [-0.15, -0.1) is 0 Å². The highest BCUT2D eigenvalue weighted by Gasteiger charge is 2.87. The molecule has 18 heteroatoms. The van der Waals surface area contributed by atoms with Gasteiger partial charge in [-0.05, 0) is 11.6 Å². The van der Waals surface area contributed by atoms with Crippen molar-refractivity contribution in [3.05, 3.63) is 32.1 Å². The summed E-state index contributed by atoms with van der Waals surface area (Å²) >= 11 is 3.53. The third kappa shape index (κ3) is 3.32. The second-order valence-corrected chi connectivity index (χ2v) is 5.43. The lowest BCUT2D eigenvalue weighted by Crippen LogP contribution is -2.66. The first kappa shape index (κ1) is 24.1. The molecule has 0 radical (unpaired) electrons. The summed E-state index contributed by atoms with van der Waals surface area (Å²) in [5, 5.41) is -6.57. The van der Waals surface area contributed by atoms with E-state index in [4.69, 9.17) is 0 Å². The maximum Gasteiger partial charge on any atom is 0.432 e. The van der Waals surface area contributed by atoms with Crippen molar-refractivity contribution in [3.63, 3.8) is 0 Å². The molecule has 1 heterocycles. The molecule has 1 rings (SSSR count). The van der Waals surface area contributed by atoms with E-state index >= 15 is 0 Å². The average molecular weight is 465 g/mol. The van der Waals surface area contributed by atoms with Crippen molar-refractivity contribution in [2.24, 2.45) is 0 Å². The van der Waals surface area contributed by atoms with Crippen molar-refractivity contribution in [2.75, 3.05) is 0 Å². The van der Waals surface area contributed by atoms with Crippen LogP contribution in [0, 0.1) is 0 Å². The minimum atomic E-state index is -7.79. The fourth-order valence-corrected chi connectivity index (χ4v) is 1.85. The average Bonchev–Trinajstić information content (AvgIpc) is 2.43. The molecule has 0 aliphatic heterocycles. The molecule has 28 heavy (non-hydrogen) atoms. The molecule has 1 aromatic heterocycles. The van der Waals surface area contributed by atoms with Crippen molar-refractivity contribution in [1.82, 2.24) is 9.97 Å². The summed E-state index contributed by atoms with van der Waals surface area (Å²) in [6.45, 7) is 0. The largest absolute Gasteiger partial charge is 0.432 e. The van der Waals surface area contributed by atoms with E-state index in [1.165, 1.54) is 0 Å². The first-order valence-corrected chi connectivity index (χ1v) is 6.43. The predicted molar refractivity (Wildman–Crippen MR) is 62.2 cm³/mol. The van der Waals surface area contributed by atoms with Crippen molar-refractivity contribution >= 4 is 11.6 Å². The van der Waals surface area contributed by atoms with E-state index in [0.717, 1.165) is 0 Å². The minimum absolute atomic E-state index is 0.399. The Kier molecular flexibility index (Phi) is 5.41. The van der Waals surface area contributed by atoms with Gasteiger partial charge in [0.2, 0.25) is 0 Å². The van der Waals surface area contributed by atoms with Crippen molar-refractivity contribution in [1.29, 1.82) is 0 Å². The molecule has 0 aromatic carbocycles. The summed E-state index contributed by atoms with van der Waals surface area (Å²) in [7, 11) is 0. The van der Waals surface area contributed by atoms with Gasteiger partial charge in [0.15, 0.2) is 0 Å². The first-order valence-electron chi connectivity index (χ1n) is 6.05. The van der Waals surface area contributed by atoms with Crippen LogP contribution in [0.3, 0.4) is 0 Å². The summed E-state index contributed by atoms with van der Waals surface area (Å²) in [5.74, 6) is -30.1. The van der Waals surface area contributed by atoms with E-state index in [-0.39, 0.29) is 0 Å². The van der Waals surface area contributed by atoms with Crippen LogP contribution < -0.4 is 11.2 Å². The first-order chi connectivity index (χ1) is 12.0. The molecule has 0 aliphatic rings. The minimum Gasteiger partial charge on any atom is -0.303 e. The Labute approximate surface area is 147 Å². The third-order valence-electron chi connectivity index (χ3n) is 3.08. The standard InChI is InChI=1S/C10H2ClF13N2O2/c11-10(23,24)9(21,22)8(19,20)7(17,18)5(12,13)1-2(6(14,15)16)25-4(28)26-3(1)27/h(H2,25,26,27,28). The Balaban J connectivity index is 3.91. The van der Waals surface area contributed by atoms with Crippen LogP contribution in [0.1, 0.15) is 11.3 Å². The number of aromatic amines is 2. The van der Waals surface area contributed by atoms with Gasteiger partial charge in [-0.3, -0.25) is 9.78 Å². The fraction of sp³-hybridized carbons (Fsp3) is 0.600. The smallest absolute Gasteiger partial charge is 0.303 e. The monoisotopic (exact) mass is 464 g/mol. The van der Waals surface area contributed by atoms with Crippen molar-refractivity contribution in [2.45, 2.75) is 35.2 Å². The van der Waals surface area contributed by atoms with Crippen LogP contribution in [-0.4, -0.2) is 33.1 Å². The number of halogens is 14. The number of rotatable bonds is 5. The van der Waals surface area contributed by atoms with Gasteiger partial charge in [-0.1, -0.05) is 0 Å². The quantitative estimate of drug-likeness (QED) is 0.513. The molecule has 0 saturated carbocycles. The molecule has 2 N–H and O–H groups in total. The van der Waals surface area contributed by atoms with E-state index in [0.29, 0.717) is 9.97 Å². The number of H-pyrrole nitrogens is 2. The molecule has 0 saturated heterocycles. The van der Waals surface area contributed by atoms with Gasteiger partial charge < -0.3 is 4.98 Å². The second-order valence-electron chi connectivity index (χ2n) is 4.95. The van der Waals surface area contributed by atoms with E-state index in [2.05, 4.69) is 11.6 Å². The van der Waals surface area contributed by atoms with Crippen molar-refractivity contribution < 1.29 is 57.1 Å². The number of nitrogens with one attached hydrogen (secondary N) is 2. The molecule has 0 bridgehead atoms. The van der Waals surface area contributed by atoms with Crippen LogP contribution in [0.5, 0.6) is 0 Å². The molecule has 0 unspecified atom stereocenters. The number of alkyl halides is 14. The highest BCUT2D eigenvalue weighted by atomic mass is 35.5. The van der Waals surface area contributed by atoms with Gasteiger partial charge in [0.05, 0.1) is 0 Å². The van der Waals surface area contributed by atoms with Gasteiger partial charge in [0.1, 0.15) is 11.3 Å². The molecular weight excluding hydrogens is 463 g/mol. The van der Waals surface area contributed by atoms with Crippen LogP contribution in [0.25, 0.3) is 0 Å². The summed E-state index contributed by atoms with van der Waals surface area (Å²) < 4.78 is 170. The van der Waals surface area contributed by atoms with Gasteiger partial charge in [0, 0.05) is 0 Å². The Bertz CT molecular complexity index is 864. The predicted octanol–water partition coefficient (Wildman–Crippen LogP) is 3.91. The van der Waals surface area contributed by atoms with Crippen LogP contribution >= 0.6 is 11.6 Å². The van der Waals surface area contributed by atoms with E-state index in [1.54, 1.807) is 0 Å². The van der Waals surface area contributed by atoms with Gasteiger partial charge in [-0.25, -0.2) is 4.79 Å². The number of hydrogen-bond acceptors (Lipinski definition) is 2. The van der Waals surface area contributed by atoms with Crippen LogP contribution in [-0.2, 0) is 12.1 Å². The highest BCUT2D eigenvalue weighted by Crippen LogP contribution is 2.60. The highest BCUT2D eigenvalue weighted by molar-refractivity contribution is 6.22. The number of hydrogen-bond donors (Lipinski definition) is 2. The maximum absolute atomic E-state index is 13.8. The van der Waals surface area contributed by atoms with E-state index < -0.39 is 57.8 Å². The van der Waals surface area contributed by atoms with Gasteiger partial charge in [-0.2, -0.15) is 57.1 Å². The summed E-state index contributed by atoms with van der Waals surface area (Å²) in [6.07, 6.45) is -6.27. The fourth-order valence-electron chi connectivity index (χ4n) is 1.73.